The van der Waals surface area contributed by atoms with Gasteiger partial charge >= 0.3 is 5.97 Å². The van der Waals surface area contributed by atoms with Crippen molar-refractivity contribution in [2.24, 2.45) is 0 Å². The summed E-state index contributed by atoms with van der Waals surface area (Å²) in [5, 5.41) is 12.9. The van der Waals surface area contributed by atoms with Gasteiger partial charge in [0.2, 0.25) is 0 Å². The first kappa shape index (κ1) is 9.77. The van der Waals surface area contributed by atoms with Crippen LogP contribution in [-0.2, 0) is 24.2 Å². The molecule has 0 spiro atoms. The molecule has 0 aliphatic rings. The van der Waals surface area contributed by atoms with Crippen molar-refractivity contribution in [2.75, 3.05) is 0 Å². The van der Waals surface area contributed by atoms with Crippen molar-refractivity contribution in [3.63, 3.8) is 0 Å². The largest absolute Gasteiger partial charge is 0.481 e. The van der Waals surface area contributed by atoms with E-state index in [0.29, 0.717) is 0 Å². The fourth-order valence-electron chi connectivity index (χ4n) is 1.27. The van der Waals surface area contributed by atoms with Crippen LogP contribution in [0, 0.1) is 0 Å². The SMILES string of the molecule is CCc1nn(CC)cc1CC(=O)O. The van der Waals surface area contributed by atoms with Crippen molar-refractivity contribution in [3.8, 4) is 0 Å². The van der Waals surface area contributed by atoms with E-state index in [4.69, 9.17) is 5.11 Å². The van der Waals surface area contributed by atoms with Crippen LogP contribution < -0.4 is 0 Å². The van der Waals surface area contributed by atoms with Gasteiger partial charge < -0.3 is 5.11 Å². The highest BCUT2D eigenvalue weighted by Crippen LogP contribution is 2.08. The van der Waals surface area contributed by atoms with E-state index in [2.05, 4.69) is 5.10 Å². The maximum atomic E-state index is 10.5. The number of carbonyl (C=O) groups is 1. The van der Waals surface area contributed by atoms with E-state index in [0.717, 1.165) is 24.2 Å². The van der Waals surface area contributed by atoms with Gasteiger partial charge in [0, 0.05) is 18.3 Å². The number of nitrogens with zero attached hydrogens (tertiary/aromatic N) is 2. The van der Waals surface area contributed by atoms with Crippen molar-refractivity contribution < 1.29 is 9.90 Å². The quantitative estimate of drug-likeness (QED) is 0.758. The number of carboxylic acids is 1. The molecule has 0 bridgehead atoms. The van der Waals surface area contributed by atoms with Gasteiger partial charge in [-0.05, 0) is 13.3 Å². The normalized spacial score (nSPS) is 10.3. The third kappa shape index (κ3) is 2.31. The number of hydrogen-bond donors (Lipinski definition) is 1. The van der Waals surface area contributed by atoms with Crippen molar-refractivity contribution in [3.05, 3.63) is 17.5 Å². The molecule has 1 rings (SSSR count). The van der Waals surface area contributed by atoms with Crippen LogP contribution in [0.1, 0.15) is 25.1 Å². The van der Waals surface area contributed by atoms with E-state index in [-0.39, 0.29) is 6.42 Å². The van der Waals surface area contributed by atoms with Gasteiger partial charge in [0.25, 0.3) is 0 Å². The Balaban J connectivity index is 2.90. The molecule has 0 fully saturated rings. The summed E-state index contributed by atoms with van der Waals surface area (Å²) in [6.45, 7) is 4.75. The molecular formula is C9H14N2O2. The van der Waals surface area contributed by atoms with Crippen molar-refractivity contribution >= 4 is 5.97 Å². The molecular weight excluding hydrogens is 168 g/mol. The summed E-state index contributed by atoms with van der Waals surface area (Å²) in [5.74, 6) is -0.801. The lowest BCUT2D eigenvalue weighted by atomic mass is 10.1. The zero-order valence-corrected chi connectivity index (χ0v) is 7.95. The average Bonchev–Trinajstić information content (AvgIpc) is 2.46. The Bertz CT molecular complexity index is 305. The third-order valence-electron chi connectivity index (χ3n) is 1.93. The Kier molecular flexibility index (Phi) is 3.06. The molecule has 1 aromatic heterocycles. The highest BCUT2D eigenvalue weighted by molar-refractivity contribution is 5.70. The van der Waals surface area contributed by atoms with Gasteiger partial charge in [-0.1, -0.05) is 6.92 Å². The molecule has 1 heterocycles. The van der Waals surface area contributed by atoms with Crippen molar-refractivity contribution in [2.45, 2.75) is 33.2 Å². The molecule has 0 amide bonds. The molecule has 0 unspecified atom stereocenters. The minimum atomic E-state index is -0.801. The van der Waals surface area contributed by atoms with Gasteiger partial charge in [0.1, 0.15) is 0 Å². The summed E-state index contributed by atoms with van der Waals surface area (Å²) in [5.41, 5.74) is 1.72. The van der Waals surface area contributed by atoms with Gasteiger partial charge in [0.05, 0.1) is 12.1 Å². The van der Waals surface area contributed by atoms with Crippen LogP contribution in [0.4, 0.5) is 0 Å². The fraction of sp³-hybridized carbons (Fsp3) is 0.556. The van der Waals surface area contributed by atoms with Crippen molar-refractivity contribution in [1.82, 2.24) is 9.78 Å². The van der Waals surface area contributed by atoms with Gasteiger partial charge in [-0.2, -0.15) is 5.10 Å². The van der Waals surface area contributed by atoms with Crippen LogP contribution in [0.25, 0.3) is 0 Å². The molecule has 0 aromatic carbocycles. The van der Waals surface area contributed by atoms with E-state index >= 15 is 0 Å². The summed E-state index contributed by atoms with van der Waals surface area (Å²) in [4.78, 5) is 10.5. The summed E-state index contributed by atoms with van der Waals surface area (Å²) in [6.07, 6.45) is 2.67. The zero-order chi connectivity index (χ0) is 9.84. The highest BCUT2D eigenvalue weighted by atomic mass is 16.4. The van der Waals surface area contributed by atoms with E-state index in [1.165, 1.54) is 0 Å². The first-order valence-corrected chi connectivity index (χ1v) is 4.44. The molecule has 13 heavy (non-hydrogen) atoms. The summed E-state index contributed by atoms with van der Waals surface area (Å²) in [6, 6.07) is 0. The zero-order valence-electron chi connectivity index (χ0n) is 7.95. The number of hydrogen-bond acceptors (Lipinski definition) is 2. The predicted octanol–water partition coefficient (Wildman–Crippen LogP) is 1.09. The second-order valence-electron chi connectivity index (χ2n) is 2.88. The van der Waals surface area contributed by atoms with Gasteiger partial charge in [0.15, 0.2) is 0 Å². The lowest BCUT2D eigenvalue weighted by Crippen LogP contribution is -2.01. The minimum absolute atomic E-state index is 0.0726. The molecule has 0 saturated carbocycles. The molecule has 4 heteroatoms. The van der Waals surface area contributed by atoms with Gasteiger partial charge in [-0.15, -0.1) is 0 Å². The Hall–Kier alpha value is -1.32. The number of aromatic nitrogens is 2. The second-order valence-corrected chi connectivity index (χ2v) is 2.88. The summed E-state index contributed by atoms with van der Waals surface area (Å²) >= 11 is 0. The van der Waals surface area contributed by atoms with Crippen molar-refractivity contribution in [1.29, 1.82) is 0 Å². The van der Waals surface area contributed by atoms with Crippen LogP contribution in [-0.4, -0.2) is 20.9 Å². The van der Waals surface area contributed by atoms with Crippen LogP contribution >= 0.6 is 0 Å². The second kappa shape index (κ2) is 4.07. The lowest BCUT2D eigenvalue weighted by Gasteiger charge is -1.93. The Morgan fingerprint density at radius 2 is 2.31 bits per heavy atom. The maximum absolute atomic E-state index is 10.5. The van der Waals surface area contributed by atoms with E-state index in [1.807, 2.05) is 20.0 Å². The molecule has 1 aromatic rings. The molecule has 0 radical (unpaired) electrons. The fourth-order valence-corrected chi connectivity index (χ4v) is 1.27. The Morgan fingerprint density at radius 3 is 2.77 bits per heavy atom. The Morgan fingerprint density at radius 1 is 1.62 bits per heavy atom. The summed E-state index contributed by atoms with van der Waals surface area (Å²) in [7, 11) is 0. The summed E-state index contributed by atoms with van der Waals surface area (Å²) < 4.78 is 1.77. The lowest BCUT2D eigenvalue weighted by molar-refractivity contribution is -0.136. The molecule has 0 aliphatic carbocycles. The van der Waals surface area contributed by atoms with Gasteiger partial charge in [-0.25, -0.2) is 0 Å². The van der Waals surface area contributed by atoms with Crippen LogP contribution in [0.2, 0.25) is 0 Å². The molecule has 0 saturated heterocycles. The standard InChI is InChI=1S/C9H14N2O2/c1-3-8-7(5-9(12)13)6-11(4-2)10-8/h6H,3-5H2,1-2H3,(H,12,13). The monoisotopic (exact) mass is 182 g/mol. The van der Waals surface area contributed by atoms with E-state index < -0.39 is 5.97 Å². The number of rotatable bonds is 4. The number of carboxylic acid groups (broad SMARTS) is 1. The average molecular weight is 182 g/mol. The predicted molar refractivity (Wildman–Crippen MR) is 48.6 cm³/mol. The van der Waals surface area contributed by atoms with Gasteiger partial charge in [-0.3, -0.25) is 9.48 Å². The number of aliphatic carboxylic acids is 1. The topological polar surface area (TPSA) is 55.1 Å². The van der Waals surface area contributed by atoms with Crippen LogP contribution in [0.3, 0.4) is 0 Å². The molecule has 72 valence electrons. The van der Waals surface area contributed by atoms with E-state index in [1.54, 1.807) is 4.68 Å². The van der Waals surface area contributed by atoms with Crippen LogP contribution in [0.15, 0.2) is 6.20 Å². The minimum Gasteiger partial charge on any atom is -0.481 e. The molecule has 4 nitrogen and oxygen atoms in total. The maximum Gasteiger partial charge on any atom is 0.307 e. The molecule has 0 aliphatic heterocycles. The van der Waals surface area contributed by atoms with E-state index in [9.17, 15) is 4.79 Å². The van der Waals surface area contributed by atoms with Crippen LogP contribution in [0.5, 0.6) is 0 Å². The Labute approximate surface area is 77.2 Å². The smallest absolute Gasteiger partial charge is 0.307 e. The highest BCUT2D eigenvalue weighted by Gasteiger charge is 2.09. The molecule has 0 atom stereocenters. The number of aryl methyl sites for hydroxylation is 2. The molecule has 1 N–H and O–H groups in total. The first-order chi connectivity index (χ1) is 6.17. The third-order valence-corrected chi connectivity index (χ3v) is 1.93. The first-order valence-electron chi connectivity index (χ1n) is 4.44.